The first-order valence-corrected chi connectivity index (χ1v) is 11.7. The number of benzene rings is 3. The summed E-state index contributed by atoms with van der Waals surface area (Å²) in [5.74, 6) is -2.64. The van der Waals surface area contributed by atoms with Crippen LogP contribution in [0.2, 0.25) is 0 Å². The maximum atomic E-state index is 13.4. The summed E-state index contributed by atoms with van der Waals surface area (Å²) in [5.41, 5.74) is 0.503. The van der Waals surface area contributed by atoms with E-state index in [2.05, 4.69) is 10.6 Å². The lowest BCUT2D eigenvalue weighted by Gasteiger charge is -2.35. The summed E-state index contributed by atoms with van der Waals surface area (Å²) in [6, 6.07) is 14.1. The molecule has 0 unspecified atom stereocenters. The van der Waals surface area contributed by atoms with Gasteiger partial charge in [-0.3, -0.25) is 9.59 Å². The third kappa shape index (κ3) is 6.63. The second kappa shape index (κ2) is 11.0. The van der Waals surface area contributed by atoms with Crippen LogP contribution in [0.15, 0.2) is 66.7 Å². The first kappa shape index (κ1) is 26.1. The van der Waals surface area contributed by atoms with Crippen molar-refractivity contribution in [2.75, 3.05) is 18.0 Å². The van der Waals surface area contributed by atoms with Crippen molar-refractivity contribution in [2.45, 2.75) is 31.6 Å². The number of nitrogens with zero attached hydrogens (tertiary/aromatic N) is 1. The molecule has 1 heterocycles. The average molecular weight is 517 g/mol. The van der Waals surface area contributed by atoms with E-state index in [0.717, 1.165) is 24.3 Å². The molecule has 0 aliphatic carbocycles. The number of amides is 2. The van der Waals surface area contributed by atoms with Crippen LogP contribution in [0.1, 0.15) is 44.7 Å². The van der Waals surface area contributed by atoms with Gasteiger partial charge in [0.15, 0.2) is 0 Å². The molecule has 4 rings (SSSR count). The fraction of sp³-hybridized carbons (Fsp3) is 0.259. The Labute approximate surface area is 210 Å². The molecule has 1 aliphatic rings. The van der Waals surface area contributed by atoms with Gasteiger partial charge in [-0.1, -0.05) is 24.3 Å². The number of hydrogen-bond donors (Lipinski definition) is 2. The molecule has 0 spiro atoms. The minimum absolute atomic E-state index is 0.0636. The average Bonchev–Trinajstić information content (AvgIpc) is 2.87. The first-order valence-electron chi connectivity index (χ1n) is 11.7. The largest absolute Gasteiger partial charge is 0.416 e. The third-order valence-corrected chi connectivity index (χ3v) is 6.15. The number of piperidine rings is 1. The van der Waals surface area contributed by atoms with Gasteiger partial charge in [0.2, 0.25) is 0 Å². The molecule has 5 nitrogen and oxygen atoms in total. The van der Waals surface area contributed by atoms with Crippen LogP contribution in [0.5, 0.6) is 0 Å². The SMILES string of the molecule is O=C(NC1CCN(c2ccccc2C(=O)NCc2cccc(C(F)(F)F)c2)CC1)c1cc(F)cc(F)c1. The highest BCUT2D eigenvalue weighted by molar-refractivity contribution is 5.99. The molecule has 194 valence electrons. The van der Waals surface area contributed by atoms with Crippen molar-refractivity contribution in [2.24, 2.45) is 0 Å². The molecular weight excluding hydrogens is 493 g/mol. The van der Waals surface area contributed by atoms with Crippen LogP contribution in [-0.2, 0) is 12.7 Å². The van der Waals surface area contributed by atoms with E-state index in [1.165, 1.54) is 12.1 Å². The maximum Gasteiger partial charge on any atom is 0.416 e. The van der Waals surface area contributed by atoms with Gasteiger partial charge in [0.1, 0.15) is 11.6 Å². The molecule has 0 radical (unpaired) electrons. The van der Waals surface area contributed by atoms with Gasteiger partial charge in [0, 0.05) is 43.0 Å². The standard InChI is InChI=1S/C27H24F5N3O2/c28-20-13-18(14-21(29)15-20)25(36)34-22-8-10-35(11-9-22)24-7-2-1-6-23(24)26(37)33-16-17-4-3-5-19(12-17)27(30,31)32/h1-7,12-15,22H,8-11,16H2,(H,33,37)(H,34,36). The molecule has 10 heteroatoms. The van der Waals surface area contributed by atoms with Crippen molar-refractivity contribution >= 4 is 17.5 Å². The third-order valence-electron chi connectivity index (χ3n) is 6.15. The Morgan fingerprint density at radius 2 is 1.54 bits per heavy atom. The lowest BCUT2D eigenvalue weighted by molar-refractivity contribution is -0.137. The minimum Gasteiger partial charge on any atom is -0.371 e. The Morgan fingerprint density at radius 1 is 0.865 bits per heavy atom. The molecule has 37 heavy (non-hydrogen) atoms. The molecular formula is C27H24F5N3O2. The fourth-order valence-corrected chi connectivity index (χ4v) is 4.29. The fourth-order valence-electron chi connectivity index (χ4n) is 4.29. The van der Waals surface area contributed by atoms with E-state index in [0.29, 0.717) is 48.8 Å². The van der Waals surface area contributed by atoms with Gasteiger partial charge in [0.05, 0.1) is 11.1 Å². The van der Waals surface area contributed by atoms with E-state index in [9.17, 15) is 31.5 Å². The van der Waals surface area contributed by atoms with E-state index in [4.69, 9.17) is 0 Å². The van der Waals surface area contributed by atoms with E-state index >= 15 is 0 Å². The summed E-state index contributed by atoms with van der Waals surface area (Å²) in [4.78, 5) is 27.3. The van der Waals surface area contributed by atoms with Crippen LogP contribution in [0, 0.1) is 11.6 Å². The van der Waals surface area contributed by atoms with Crippen molar-refractivity contribution in [1.29, 1.82) is 0 Å². The summed E-state index contributed by atoms with van der Waals surface area (Å²) in [6.07, 6.45) is -3.38. The Balaban J connectivity index is 1.36. The van der Waals surface area contributed by atoms with Crippen molar-refractivity contribution in [3.05, 3.63) is 101 Å². The predicted octanol–water partition coefficient (Wildman–Crippen LogP) is 5.31. The number of anilines is 1. The van der Waals surface area contributed by atoms with Crippen molar-refractivity contribution in [3.8, 4) is 0 Å². The lowest BCUT2D eigenvalue weighted by Crippen LogP contribution is -2.45. The first-order chi connectivity index (χ1) is 17.6. The number of carbonyl (C=O) groups excluding carboxylic acids is 2. The number of carbonyl (C=O) groups is 2. The number of nitrogens with one attached hydrogen (secondary N) is 2. The van der Waals surface area contributed by atoms with Crippen molar-refractivity contribution in [3.63, 3.8) is 0 Å². The van der Waals surface area contributed by atoms with Crippen molar-refractivity contribution < 1.29 is 31.5 Å². The molecule has 1 fully saturated rings. The zero-order valence-electron chi connectivity index (χ0n) is 19.6. The molecule has 2 amide bonds. The van der Waals surface area contributed by atoms with Gasteiger partial charge in [-0.15, -0.1) is 0 Å². The normalized spacial score (nSPS) is 14.4. The summed E-state index contributed by atoms with van der Waals surface area (Å²) < 4.78 is 65.7. The number of halogens is 5. The highest BCUT2D eigenvalue weighted by atomic mass is 19.4. The number of para-hydroxylation sites is 1. The predicted molar refractivity (Wildman–Crippen MR) is 128 cm³/mol. The molecule has 1 saturated heterocycles. The van der Waals surface area contributed by atoms with Crippen LogP contribution >= 0.6 is 0 Å². The summed E-state index contributed by atoms with van der Waals surface area (Å²) in [7, 11) is 0. The van der Waals surface area contributed by atoms with Gasteiger partial charge >= 0.3 is 6.18 Å². The molecule has 0 saturated carbocycles. The molecule has 0 bridgehead atoms. The van der Waals surface area contributed by atoms with Gasteiger partial charge in [-0.2, -0.15) is 13.2 Å². The van der Waals surface area contributed by atoms with Crippen LogP contribution < -0.4 is 15.5 Å². The smallest absolute Gasteiger partial charge is 0.371 e. The van der Waals surface area contributed by atoms with E-state index < -0.39 is 35.2 Å². The number of rotatable bonds is 6. The summed E-state index contributed by atoms with van der Waals surface area (Å²) in [6.45, 7) is 0.965. The van der Waals surface area contributed by atoms with Crippen LogP contribution in [0.25, 0.3) is 0 Å². The van der Waals surface area contributed by atoms with Gasteiger partial charge < -0.3 is 15.5 Å². The Hall–Kier alpha value is -3.95. The van der Waals surface area contributed by atoms with Gasteiger partial charge in [0.25, 0.3) is 11.8 Å². The molecule has 3 aromatic rings. The molecule has 0 aromatic heterocycles. The number of alkyl halides is 3. The van der Waals surface area contributed by atoms with E-state index in [-0.39, 0.29) is 18.2 Å². The second-order valence-corrected chi connectivity index (χ2v) is 8.79. The molecule has 3 aromatic carbocycles. The van der Waals surface area contributed by atoms with Gasteiger partial charge in [-0.05, 0) is 54.8 Å². The highest BCUT2D eigenvalue weighted by Crippen LogP contribution is 2.30. The maximum absolute atomic E-state index is 13.4. The highest BCUT2D eigenvalue weighted by Gasteiger charge is 2.30. The van der Waals surface area contributed by atoms with Crippen LogP contribution in [0.4, 0.5) is 27.6 Å². The van der Waals surface area contributed by atoms with Gasteiger partial charge in [-0.25, -0.2) is 8.78 Å². The Kier molecular flexibility index (Phi) is 7.75. The lowest BCUT2D eigenvalue weighted by atomic mass is 10.0. The molecule has 1 aliphatic heterocycles. The quantitative estimate of drug-likeness (QED) is 0.436. The second-order valence-electron chi connectivity index (χ2n) is 8.79. The summed E-state index contributed by atoms with van der Waals surface area (Å²) >= 11 is 0. The minimum atomic E-state index is -4.47. The van der Waals surface area contributed by atoms with E-state index in [1.807, 2.05) is 4.90 Å². The van der Waals surface area contributed by atoms with Crippen LogP contribution in [0.3, 0.4) is 0 Å². The summed E-state index contributed by atoms with van der Waals surface area (Å²) in [5, 5.41) is 5.48. The number of hydrogen-bond acceptors (Lipinski definition) is 3. The molecule has 0 atom stereocenters. The van der Waals surface area contributed by atoms with E-state index in [1.54, 1.807) is 24.3 Å². The zero-order chi connectivity index (χ0) is 26.6. The topological polar surface area (TPSA) is 61.4 Å². The zero-order valence-corrected chi connectivity index (χ0v) is 19.6. The van der Waals surface area contributed by atoms with Crippen molar-refractivity contribution in [1.82, 2.24) is 10.6 Å². The monoisotopic (exact) mass is 517 g/mol. The Bertz CT molecular complexity index is 1270. The Morgan fingerprint density at radius 3 is 2.22 bits per heavy atom. The van der Waals surface area contributed by atoms with Crippen LogP contribution in [-0.4, -0.2) is 30.9 Å². The molecule has 2 N–H and O–H groups in total.